The number of nitro groups is 1. The van der Waals surface area contributed by atoms with Crippen LogP contribution in [0, 0.1) is 10.1 Å². The minimum Gasteiger partial charge on any atom is -0.492 e. The number of benzene rings is 1. The minimum atomic E-state index is -0.411. The third kappa shape index (κ3) is 6.05. The summed E-state index contributed by atoms with van der Waals surface area (Å²) in [6, 6.07) is 6.72. The van der Waals surface area contributed by atoms with Crippen LogP contribution < -0.4 is 10.1 Å². The van der Waals surface area contributed by atoms with Crippen molar-refractivity contribution in [3.63, 3.8) is 0 Å². The van der Waals surface area contributed by atoms with E-state index in [9.17, 15) is 10.1 Å². The molecule has 0 aliphatic carbocycles. The Bertz CT molecular complexity index is 431. The number of halogens is 2. The minimum absolute atomic E-state index is 0. The summed E-state index contributed by atoms with van der Waals surface area (Å²) in [5.41, 5.74) is 0.0862. The van der Waals surface area contributed by atoms with E-state index in [0.717, 1.165) is 26.2 Å². The van der Waals surface area contributed by atoms with Crippen LogP contribution in [0.3, 0.4) is 0 Å². The highest BCUT2D eigenvalue weighted by atomic mass is 35.5. The van der Waals surface area contributed by atoms with Gasteiger partial charge in [0.1, 0.15) is 12.4 Å². The number of non-ortho nitro benzene ring substituents is 1. The second kappa shape index (κ2) is 9.78. The van der Waals surface area contributed by atoms with E-state index < -0.39 is 4.92 Å². The highest BCUT2D eigenvalue weighted by molar-refractivity contribution is 5.85. The second-order valence-electron chi connectivity index (χ2n) is 4.69. The van der Waals surface area contributed by atoms with Crippen LogP contribution in [0.25, 0.3) is 0 Å². The van der Waals surface area contributed by atoms with Gasteiger partial charge in [-0.05, 0) is 19.1 Å². The van der Waals surface area contributed by atoms with Gasteiger partial charge in [0.2, 0.25) is 0 Å². The number of rotatable bonds is 5. The SMILES string of the molecule is CC1CNCCN1CCOc1ccc([N+](=O)[O-])cc1.Cl.Cl. The number of ether oxygens (including phenoxy) is 1. The molecule has 1 aliphatic rings. The second-order valence-corrected chi connectivity index (χ2v) is 4.69. The first-order chi connectivity index (χ1) is 9.16. The summed E-state index contributed by atoms with van der Waals surface area (Å²) in [7, 11) is 0. The molecule has 0 amide bonds. The van der Waals surface area contributed by atoms with E-state index in [4.69, 9.17) is 4.74 Å². The first-order valence-corrected chi connectivity index (χ1v) is 6.49. The maximum atomic E-state index is 10.5. The van der Waals surface area contributed by atoms with Gasteiger partial charge in [-0.3, -0.25) is 15.0 Å². The average Bonchev–Trinajstić information content (AvgIpc) is 2.41. The fourth-order valence-electron chi connectivity index (χ4n) is 2.16. The normalized spacial score (nSPS) is 18.2. The van der Waals surface area contributed by atoms with E-state index in [2.05, 4.69) is 17.1 Å². The number of nitrogens with one attached hydrogen (secondary N) is 1. The molecule has 1 heterocycles. The molecule has 1 aromatic carbocycles. The van der Waals surface area contributed by atoms with Gasteiger partial charge in [-0.1, -0.05) is 0 Å². The van der Waals surface area contributed by atoms with E-state index >= 15 is 0 Å². The Balaban J connectivity index is 0.00000200. The summed E-state index contributed by atoms with van der Waals surface area (Å²) in [5.74, 6) is 0.674. The van der Waals surface area contributed by atoms with Crippen molar-refractivity contribution in [2.75, 3.05) is 32.8 Å². The summed E-state index contributed by atoms with van der Waals surface area (Å²) in [6.07, 6.45) is 0. The van der Waals surface area contributed by atoms with Crippen molar-refractivity contribution in [3.8, 4) is 5.75 Å². The fraction of sp³-hybridized carbons (Fsp3) is 0.538. The van der Waals surface area contributed by atoms with Crippen LogP contribution in [0.2, 0.25) is 0 Å². The van der Waals surface area contributed by atoms with E-state index in [0.29, 0.717) is 18.4 Å². The molecule has 0 spiro atoms. The Morgan fingerprint density at radius 2 is 2.05 bits per heavy atom. The predicted octanol–water partition coefficient (Wildman–Crippen LogP) is 2.11. The molecule has 0 aromatic heterocycles. The van der Waals surface area contributed by atoms with E-state index in [1.807, 2.05) is 0 Å². The molecule has 8 heteroatoms. The van der Waals surface area contributed by atoms with Crippen LogP contribution in [-0.2, 0) is 0 Å². The van der Waals surface area contributed by atoms with E-state index in [-0.39, 0.29) is 30.5 Å². The van der Waals surface area contributed by atoms with Gasteiger partial charge in [0.15, 0.2) is 0 Å². The summed E-state index contributed by atoms with van der Waals surface area (Å²) in [4.78, 5) is 12.5. The Kier molecular flexibility index (Phi) is 9.28. The van der Waals surface area contributed by atoms with Crippen molar-refractivity contribution in [2.45, 2.75) is 13.0 Å². The van der Waals surface area contributed by atoms with Gasteiger partial charge in [-0.25, -0.2) is 0 Å². The summed E-state index contributed by atoms with van der Waals surface area (Å²) >= 11 is 0. The van der Waals surface area contributed by atoms with Crippen LogP contribution in [0.1, 0.15) is 6.92 Å². The number of nitro benzene ring substituents is 1. The highest BCUT2D eigenvalue weighted by Gasteiger charge is 2.17. The number of nitrogens with zero attached hydrogens (tertiary/aromatic N) is 2. The third-order valence-corrected chi connectivity index (χ3v) is 3.33. The first kappa shape index (κ1) is 19.9. The lowest BCUT2D eigenvalue weighted by molar-refractivity contribution is -0.384. The zero-order valence-corrected chi connectivity index (χ0v) is 13.5. The smallest absolute Gasteiger partial charge is 0.269 e. The van der Waals surface area contributed by atoms with Gasteiger partial charge in [0.05, 0.1) is 4.92 Å². The molecule has 2 rings (SSSR count). The first-order valence-electron chi connectivity index (χ1n) is 6.49. The lowest BCUT2D eigenvalue weighted by atomic mass is 10.2. The number of hydrogen-bond acceptors (Lipinski definition) is 5. The largest absolute Gasteiger partial charge is 0.492 e. The van der Waals surface area contributed by atoms with Crippen LogP contribution >= 0.6 is 24.8 Å². The average molecular weight is 338 g/mol. The summed E-state index contributed by atoms with van der Waals surface area (Å²) < 4.78 is 5.61. The lowest BCUT2D eigenvalue weighted by Crippen LogP contribution is -2.50. The van der Waals surface area contributed by atoms with Gasteiger partial charge < -0.3 is 10.1 Å². The number of piperazine rings is 1. The maximum Gasteiger partial charge on any atom is 0.269 e. The quantitative estimate of drug-likeness (QED) is 0.658. The number of hydrogen-bond donors (Lipinski definition) is 1. The summed E-state index contributed by atoms with van der Waals surface area (Å²) in [5, 5.41) is 13.9. The Morgan fingerprint density at radius 1 is 1.38 bits per heavy atom. The molecule has 1 unspecified atom stereocenters. The van der Waals surface area contributed by atoms with Crippen molar-refractivity contribution in [2.24, 2.45) is 0 Å². The van der Waals surface area contributed by atoms with E-state index in [1.165, 1.54) is 12.1 Å². The molecule has 0 saturated carbocycles. The van der Waals surface area contributed by atoms with Crippen LogP contribution in [0.4, 0.5) is 5.69 Å². The van der Waals surface area contributed by atoms with Crippen molar-refractivity contribution < 1.29 is 9.66 Å². The van der Waals surface area contributed by atoms with Gasteiger partial charge in [0.25, 0.3) is 5.69 Å². The molecule has 1 saturated heterocycles. The maximum absolute atomic E-state index is 10.5. The molecule has 1 fully saturated rings. The molecule has 1 atom stereocenters. The molecule has 6 nitrogen and oxygen atoms in total. The fourth-order valence-corrected chi connectivity index (χ4v) is 2.16. The Hall–Kier alpha value is -1.08. The van der Waals surface area contributed by atoms with Crippen molar-refractivity contribution in [1.29, 1.82) is 0 Å². The molecule has 0 radical (unpaired) electrons. The van der Waals surface area contributed by atoms with Crippen LogP contribution in [-0.4, -0.2) is 48.7 Å². The van der Waals surface area contributed by atoms with Crippen LogP contribution in [0.15, 0.2) is 24.3 Å². The molecular weight excluding hydrogens is 317 g/mol. The predicted molar refractivity (Wildman–Crippen MR) is 87.0 cm³/mol. The summed E-state index contributed by atoms with van der Waals surface area (Å²) in [6.45, 7) is 6.73. The van der Waals surface area contributed by atoms with Crippen molar-refractivity contribution in [3.05, 3.63) is 34.4 Å². The zero-order chi connectivity index (χ0) is 13.7. The molecule has 21 heavy (non-hydrogen) atoms. The third-order valence-electron chi connectivity index (χ3n) is 3.33. The van der Waals surface area contributed by atoms with E-state index in [1.54, 1.807) is 12.1 Å². The van der Waals surface area contributed by atoms with Gasteiger partial charge in [0, 0.05) is 44.4 Å². The molecule has 0 bridgehead atoms. The topological polar surface area (TPSA) is 67.6 Å². The Labute approximate surface area is 136 Å². The molecular formula is C13H21Cl2N3O3. The van der Waals surface area contributed by atoms with Crippen molar-refractivity contribution >= 4 is 30.5 Å². The monoisotopic (exact) mass is 337 g/mol. The molecule has 1 aliphatic heterocycles. The lowest BCUT2D eigenvalue weighted by Gasteiger charge is -2.33. The Morgan fingerprint density at radius 3 is 2.62 bits per heavy atom. The van der Waals surface area contributed by atoms with Crippen molar-refractivity contribution in [1.82, 2.24) is 10.2 Å². The molecule has 1 N–H and O–H groups in total. The van der Waals surface area contributed by atoms with Gasteiger partial charge in [-0.15, -0.1) is 24.8 Å². The van der Waals surface area contributed by atoms with Gasteiger partial charge >= 0.3 is 0 Å². The highest BCUT2D eigenvalue weighted by Crippen LogP contribution is 2.17. The van der Waals surface area contributed by atoms with Crippen LogP contribution in [0.5, 0.6) is 5.75 Å². The molecule has 1 aromatic rings. The zero-order valence-electron chi connectivity index (χ0n) is 11.9. The standard InChI is InChI=1S/C13H19N3O3.2ClH/c1-11-10-14-6-7-15(11)8-9-19-13-4-2-12(3-5-13)16(17)18;;/h2-5,11,14H,6-10H2,1H3;2*1H. The molecule has 120 valence electrons. The van der Waals surface area contributed by atoms with Gasteiger partial charge in [-0.2, -0.15) is 0 Å².